The maximum atomic E-state index is 11.4. The van der Waals surface area contributed by atoms with E-state index in [0.717, 1.165) is 189 Å². The minimum absolute atomic E-state index is 0. The van der Waals surface area contributed by atoms with Crippen molar-refractivity contribution in [1.29, 1.82) is 0 Å². The van der Waals surface area contributed by atoms with Crippen molar-refractivity contribution in [2.75, 3.05) is 70.6 Å². The predicted molar refractivity (Wildman–Crippen MR) is 435 cm³/mol. The van der Waals surface area contributed by atoms with Crippen LogP contribution in [0.15, 0.2) is 123 Å². The van der Waals surface area contributed by atoms with Crippen LogP contribution in [0.5, 0.6) is 0 Å². The number of ether oxygens (including phenoxy) is 6. The van der Waals surface area contributed by atoms with Gasteiger partial charge in [-0.2, -0.15) is 25.5 Å². The third kappa shape index (κ3) is 28.7. The van der Waals surface area contributed by atoms with Crippen molar-refractivity contribution in [1.82, 2.24) is 69.3 Å². The quantitative estimate of drug-likeness (QED) is 0.0240. The number of aromatic nitrogens is 14. The Bertz CT molecular complexity index is 4590. The number of nitro groups is 2. The summed E-state index contributed by atoms with van der Waals surface area (Å²) >= 11 is 5.73. The number of carboxylic acids is 2. The van der Waals surface area contributed by atoms with Crippen molar-refractivity contribution in [2.45, 2.75) is 197 Å². The molecule has 637 valence electrons. The summed E-state index contributed by atoms with van der Waals surface area (Å²) in [6.45, 7) is 8.02. The van der Waals surface area contributed by atoms with Crippen LogP contribution in [0, 0.1) is 34.1 Å². The van der Waals surface area contributed by atoms with Gasteiger partial charge in [-0.25, -0.2) is 29.5 Å². The molecule has 3 spiro atoms. The van der Waals surface area contributed by atoms with Crippen molar-refractivity contribution >= 4 is 77.9 Å². The Balaban J connectivity index is 0.000000253. The van der Waals surface area contributed by atoms with Gasteiger partial charge in [-0.15, -0.1) is 0 Å². The maximum Gasteiger partial charge on any atom is 1.00 e. The van der Waals surface area contributed by atoms with Crippen LogP contribution in [0.25, 0.3) is 22.5 Å². The molecular formula is C78H105BClN19NaO19. The SMILES string of the molecule is C.CO.CO.Cc1cnc(Cl)nc1-c1ccc(C(=O)O)cc1.Cc1cnc(Nc2cnn(C3CCC(=O)CC3)c2)nc1-c1ccc(C(=O)O)cc1.Nc1cnn(C2CCC(=O)CC2)c1.Nc1cnn(C2CCC3(CC2)OCCO3)c1.O=[N+]([O-])c1cn[nH]c1.O=[N+]([O-])c1cnn(C2CCC3(CC2)OCCO3)c1.OC1CCC2(CC1)OCCO2.[B].[H-].[Na+]. The first-order chi connectivity index (χ1) is 55.9. The summed E-state index contributed by atoms with van der Waals surface area (Å²) in [4.78, 5) is 80.6. The normalized spacial score (nSPS) is 18.6. The van der Waals surface area contributed by atoms with Crippen LogP contribution < -0.4 is 46.3 Å². The molecule has 0 atom stereocenters. The zero-order chi connectivity index (χ0) is 83.4. The van der Waals surface area contributed by atoms with Crippen LogP contribution in [-0.4, -0.2) is 214 Å². The van der Waals surface area contributed by atoms with Crippen LogP contribution in [0.1, 0.15) is 193 Å². The number of anilines is 4. The number of H-pyrrole nitrogens is 1. The van der Waals surface area contributed by atoms with Gasteiger partial charge in [-0.05, 0) is 125 Å². The number of aliphatic hydroxyl groups excluding tert-OH is 3. The number of aromatic amines is 1. The first-order valence-electron chi connectivity index (χ1n) is 38.1. The summed E-state index contributed by atoms with van der Waals surface area (Å²) in [6, 6.07) is 14.3. The first-order valence-corrected chi connectivity index (χ1v) is 38.4. The van der Waals surface area contributed by atoms with Gasteiger partial charge in [0, 0.05) is 129 Å². The molecule has 41 heteroatoms. The molecule has 3 radical (unpaired) electrons. The van der Waals surface area contributed by atoms with Crippen molar-refractivity contribution in [3.8, 4) is 22.5 Å². The van der Waals surface area contributed by atoms with Gasteiger partial charge in [0.2, 0.25) is 11.2 Å². The third-order valence-corrected chi connectivity index (χ3v) is 20.6. The number of halogens is 1. The zero-order valence-electron chi connectivity index (χ0n) is 67.6. The number of carboxylic acid groups (broad SMARTS) is 2. The number of ketones is 2. The monoisotopic (exact) mass is 1680 g/mol. The average molecular weight is 1680 g/mol. The standard InChI is InChI=1S/C21H21N5O3.C12H9ClN2O2.C11H15N3O4.C11H17N3O2.C9H13N3O.C8H14O3.C3H3N3O2.2CH4O.CH4.B.Na.H/c1-13-10-22-21(25-19(13)14-2-4-15(5-3-14)20(28)29)24-16-11-23-26(12-16)17-6-8-18(27)9-7-17;1-7-6-14-12(13)15-10(7)8-2-4-9(5-3-8)11(16)17;15-14(16)10-7-12-13(8-10)9-1-3-11(4-2-9)17-5-6-18-11;12-9-7-13-14(8-9)10-1-3-11(4-2-10)15-5-6-16-11;10-7-5-11-12(6-7)8-1-3-9(13)4-2-8;9-7-1-3-8(4-2-7)10-5-6-11-8;7-6(8)3-1-4-5-2-3;2*1-2;;;;/h2-5,10-12,17H,6-9H2,1H3,(H,28,29)(H,22,24,25);2-6H,1H3,(H,16,17);7-9H,1-6H2;7-8,10H,1-6,12H2;5-6,8H,1-4,10H2;7,9H,1-6H2;1-2H,(H,4,5);2*2H,1H3;1H4;;;/q;;;;;;;;;;;+1;-1. The number of aliphatic hydroxyl groups is 3. The number of aryl methyl sites for hydroxylation is 2. The van der Waals surface area contributed by atoms with Gasteiger partial charge in [0.1, 0.15) is 30.2 Å². The van der Waals surface area contributed by atoms with Crippen molar-refractivity contribution in [3.63, 3.8) is 0 Å². The van der Waals surface area contributed by atoms with E-state index < -0.39 is 27.6 Å². The van der Waals surface area contributed by atoms with Crippen LogP contribution >= 0.6 is 11.6 Å². The first kappa shape index (κ1) is 98.0. The molecular weight excluding hydrogens is 1580 g/mol. The second kappa shape index (κ2) is 47.8. The van der Waals surface area contributed by atoms with E-state index in [4.69, 9.17) is 71.9 Å². The number of Topliss-reactive ketones (excluding diaryl/α,β-unsaturated/α-hetero) is 2. The minimum atomic E-state index is -0.961. The van der Waals surface area contributed by atoms with Gasteiger partial charge in [-0.3, -0.25) is 53.6 Å². The van der Waals surface area contributed by atoms with E-state index in [1.807, 2.05) is 46.5 Å². The Morgan fingerprint density at radius 1 is 0.529 bits per heavy atom. The van der Waals surface area contributed by atoms with E-state index in [1.54, 1.807) is 72.1 Å². The van der Waals surface area contributed by atoms with Crippen LogP contribution in [-0.2, 0) is 38.0 Å². The van der Waals surface area contributed by atoms with Crippen molar-refractivity contribution < 1.29 is 114 Å². The summed E-state index contributed by atoms with van der Waals surface area (Å²) in [6.07, 6.45) is 35.9. The topological polar surface area (TPSA) is 527 Å². The molecule has 119 heavy (non-hydrogen) atoms. The number of nitrogens with two attached hydrogens (primary N) is 2. The molecule has 17 rings (SSSR count). The number of nitrogens with one attached hydrogen (secondary N) is 2. The number of rotatable bonds is 12. The fraction of sp³-hybridized carbons (Fsp3) is 0.500. The Morgan fingerprint density at radius 3 is 1.25 bits per heavy atom. The number of nitrogens with zero attached hydrogens (tertiary/aromatic N) is 15. The molecule has 10 heterocycles. The number of carbonyl (C=O) groups excluding carboxylic acids is 2. The molecule has 0 bridgehead atoms. The molecule has 11 N–H and O–H groups in total. The molecule has 8 aliphatic rings. The van der Waals surface area contributed by atoms with Gasteiger partial charge in [0.25, 0.3) is 0 Å². The summed E-state index contributed by atoms with van der Waals surface area (Å²) < 4.78 is 41.1. The maximum absolute atomic E-state index is 11.4. The Morgan fingerprint density at radius 2 is 0.891 bits per heavy atom. The largest absolute Gasteiger partial charge is 1.00 e. The summed E-state index contributed by atoms with van der Waals surface area (Å²) in [5.41, 5.74) is 18.8. The fourth-order valence-corrected chi connectivity index (χ4v) is 14.4. The third-order valence-electron chi connectivity index (χ3n) is 20.4. The fourth-order valence-electron chi connectivity index (χ4n) is 14.2. The molecule has 2 aromatic carbocycles. The number of benzene rings is 2. The molecule has 3 saturated heterocycles. The number of carbonyl (C=O) groups is 4. The van der Waals surface area contributed by atoms with Crippen LogP contribution in [0.2, 0.25) is 5.28 Å². The summed E-state index contributed by atoms with van der Waals surface area (Å²) in [7, 11) is 2.00. The van der Waals surface area contributed by atoms with Gasteiger partial charge in [0.15, 0.2) is 17.4 Å². The Kier molecular flexibility index (Phi) is 39.3. The second-order valence-corrected chi connectivity index (χ2v) is 28.5. The van der Waals surface area contributed by atoms with Gasteiger partial charge in [0.05, 0.1) is 144 Å². The molecule has 5 saturated carbocycles. The van der Waals surface area contributed by atoms with Crippen molar-refractivity contribution in [3.05, 3.63) is 171 Å². The molecule has 0 unspecified atom stereocenters. The Hall–Kier alpha value is -9.88. The molecule has 5 aliphatic carbocycles. The number of aromatic carboxylic acids is 2. The molecule has 38 nitrogen and oxygen atoms in total. The Labute approximate surface area is 718 Å². The average Bonchev–Trinajstić information content (AvgIpc) is 1.73. The van der Waals surface area contributed by atoms with Gasteiger partial charge >= 0.3 is 52.9 Å². The summed E-state index contributed by atoms with van der Waals surface area (Å²) in [5, 5.41) is 87.5. The van der Waals surface area contributed by atoms with Gasteiger partial charge < -0.3 is 72.2 Å². The number of hydrogen-bond donors (Lipinski definition) is 9. The van der Waals surface area contributed by atoms with Crippen molar-refractivity contribution in [2.24, 2.45) is 0 Å². The second-order valence-electron chi connectivity index (χ2n) is 28.2. The van der Waals surface area contributed by atoms with E-state index in [2.05, 4.69) is 55.8 Å². The summed E-state index contributed by atoms with van der Waals surface area (Å²) in [5.74, 6) is -1.76. The smallest absolute Gasteiger partial charge is 1.00 e. The molecule has 7 aromatic heterocycles. The van der Waals surface area contributed by atoms with E-state index in [0.29, 0.717) is 79.9 Å². The van der Waals surface area contributed by atoms with E-state index in [-0.39, 0.29) is 104 Å². The minimum Gasteiger partial charge on any atom is -1.00 e. The molecule has 9 aromatic rings. The predicted octanol–water partition coefficient (Wildman–Crippen LogP) is 8.27. The molecule has 3 aliphatic heterocycles. The van der Waals surface area contributed by atoms with Crippen LogP contribution in [0.4, 0.5) is 34.4 Å². The van der Waals surface area contributed by atoms with E-state index >= 15 is 0 Å². The van der Waals surface area contributed by atoms with E-state index in [1.165, 1.54) is 30.7 Å². The van der Waals surface area contributed by atoms with Gasteiger partial charge in [-0.1, -0.05) is 31.7 Å². The number of nitrogen functional groups attached to an aromatic ring is 2. The molecule has 0 amide bonds. The molecule has 8 fully saturated rings. The van der Waals surface area contributed by atoms with E-state index in [9.17, 15) is 44.5 Å². The van der Waals surface area contributed by atoms with Crippen LogP contribution in [0.3, 0.4) is 0 Å². The number of hydrogen-bond acceptors (Lipinski definition) is 29. The zero-order valence-corrected chi connectivity index (χ0v) is 69.3.